The van der Waals surface area contributed by atoms with Gasteiger partial charge in [0.2, 0.25) is 5.91 Å². The summed E-state index contributed by atoms with van der Waals surface area (Å²) in [7, 11) is 1.77. The van der Waals surface area contributed by atoms with Crippen LogP contribution in [-0.4, -0.2) is 48.6 Å². The number of hydrazine groups is 1. The summed E-state index contributed by atoms with van der Waals surface area (Å²) >= 11 is 0. The van der Waals surface area contributed by atoms with Crippen LogP contribution >= 0.6 is 10.5 Å². The molecule has 7 nitrogen and oxygen atoms in total. The highest BCUT2D eigenvalue weighted by Crippen LogP contribution is 2.26. The van der Waals surface area contributed by atoms with Crippen molar-refractivity contribution in [2.24, 2.45) is 0 Å². The Morgan fingerprint density at radius 1 is 1.27 bits per heavy atom. The van der Waals surface area contributed by atoms with Crippen LogP contribution in [0.3, 0.4) is 0 Å². The maximum Gasteiger partial charge on any atom is 0.426 e. The van der Waals surface area contributed by atoms with Gasteiger partial charge in [-0.25, -0.2) is 10.2 Å². The number of hydrogen-bond donors (Lipinski definition) is 3. The van der Waals surface area contributed by atoms with E-state index in [0.717, 1.165) is 28.3 Å². The number of anilines is 1. The zero-order valence-corrected chi connectivity index (χ0v) is 18.6. The molecule has 2 amide bonds. The molecule has 3 N–H and O–H groups in total. The number of hydrogen-bond acceptors (Lipinski definition) is 5. The van der Waals surface area contributed by atoms with Crippen LogP contribution in [0.2, 0.25) is 0 Å². The average molecular weight is 434 g/mol. The molecular formula is C22H31N3O4S. The quantitative estimate of drug-likeness (QED) is 0.349. The van der Waals surface area contributed by atoms with Gasteiger partial charge in [0.1, 0.15) is 6.61 Å². The van der Waals surface area contributed by atoms with Crippen molar-refractivity contribution < 1.29 is 19.1 Å². The fourth-order valence-electron chi connectivity index (χ4n) is 2.78. The van der Waals surface area contributed by atoms with Crippen LogP contribution in [0.25, 0.3) is 0 Å². The molecule has 0 saturated carbocycles. The molecule has 0 radical (unpaired) electrons. The van der Waals surface area contributed by atoms with Crippen LogP contribution < -0.4 is 16.2 Å². The lowest BCUT2D eigenvalue weighted by Gasteiger charge is -2.30. The number of amides is 2. The fourth-order valence-corrected chi connectivity index (χ4v) is 4.30. The molecule has 0 aliphatic carbocycles. The van der Waals surface area contributed by atoms with E-state index in [2.05, 4.69) is 22.0 Å². The van der Waals surface area contributed by atoms with E-state index < -0.39 is 6.09 Å². The Morgan fingerprint density at radius 2 is 2.00 bits per heavy atom. The van der Waals surface area contributed by atoms with Crippen LogP contribution in [0.5, 0.6) is 0 Å². The minimum absolute atomic E-state index is 0.0560. The summed E-state index contributed by atoms with van der Waals surface area (Å²) in [6.07, 6.45) is 5.21. The van der Waals surface area contributed by atoms with Gasteiger partial charge in [-0.15, -0.1) is 0 Å². The summed E-state index contributed by atoms with van der Waals surface area (Å²) in [6.45, 7) is 4.12. The molecule has 8 heteroatoms. The third-order valence-electron chi connectivity index (χ3n) is 4.55. The summed E-state index contributed by atoms with van der Waals surface area (Å²) in [4.78, 5) is 24.0. The molecular weight excluding hydrogens is 402 g/mol. The van der Waals surface area contributed by atoms with Crippen LogP contribution in [0.4, 0.5) is 10.5 Å². The van der Waals surface area contributed by atoms with E-state index >= 15 is 0 Å². The Bertz CT molecular complexity index is 805. The molecule has 1 heterocycles. The molecule has 164 valence electrons. The second-order valence-corrected chi connectivity index (χ2v) is 8.93. The summed E-state index contributed by atoms with van der Waals surface area (Å²) in [5, 5.41) is 3.02. The number of allylic oxidation sites excluding steroid dienone is 3. The highest BCUT2D eigenvalue weighted by Gasteiger charge is 2.24. The third-order valence-corrected chi connectivity index (χ3v) is 6.19. The molecule has 0 aromatic heterocycles. The van der Waals surface area contributed by atoms with Crippen LogP contribution in [0.15, 0.2) is 48.1 Å². The number of ether oxygens (including phenoxy) is 2. The first-order chi connectivity index (χ1) is 14.4. The first-order valence-corrected chi connectivity index (χ1v) is 11.5. The highest BCUT2D eigenvalue weighted by molar-refractivity contribution is 8.14. The topological polar surface area (TPSA) is 88.7 Å². The number of carbonyl (C=O) groups is 2. The lowest BCUT2D eigenvalue weighted by Crippen LogP contribution is -2.44. The Balaban J connectivity index is 1.72. The predicted molar refractivity (Wildman–Crippen MR) is 124 cm³/mol. The van der Waals surface area contributed by atoms with Crippen molar-refractivity contribution in [1.29, 1.82) is 0 Å². The minimum Gasteiger partial charge on any atom is -0.443 e. The standard InChI is InChI=1S/C22H31N3O4S/c1-5-16(2)6-11-19-14-30(4)15-20(29-19)12-21(26)24-25-22(27)28-13-17-7-9-18(23-3)10-8-17/h5-11,19-20,23H,4,12-15H2,1-3H3,(H,24,26)(H,25,27). The van der Waals surface area contributed by atoms with Crippen molar-refractivity contribution in [1.82, 2.24) is 10.9 Å². The first kappa shape index (κ1) is 23.7. The largest absolute Gasteiger partial charge is 0.443 e. The molecule has 0 spiro atoms. The normalized spacial score (nSPS) is 21.8. The number of benzene rings is 1. The van der Waals surface area contributed by atoms with Crippen molar-refractivity contribution in [2.45, 2.75) is 39.1 Å². The van der Waals surface area contributed by atoms with Gasteiger partial charge in [0.05, 0.1) is 18.6 Å². The van der Waals surface area contributed by atoms with Gasteiger partial charge in [0.25, 0.3) is 0 Å². The summed E-state index contributed by atoms with van der Waals surface area (Å²) in [5.41, 5.74) is 7.62. The lowest BCUT2D eigenvalue weighted by molar-refractivity contribution is -0.125. The molecule has 1 aliphatic heterocycles. The Morgan fingerprint density at radius 3 is 2.67 bits per heavy atom. The average Bonchev–Trinajstić information content (AvgIpc) is 2.74. The van der Waals surface area contributed by atoms with Gasteiger partial charge in [0, 0.05) is 24.2 Å². The molecule has 2 rings (SSSR count). The predicted octanol–water partition coefficient (Wildman–Crippen LogP) is 3.37. The molecule has 1 aliphatic rings. The lowest BCUT2D eigenvalue weighted by atomic mass is 10.2. The van der Waals surface area contributed by atoms with E-state index in [0.29, 0.717) is 0 Å². The zero-order chi connectivity index (χ0) is 21.9. The van der Waals surface area contributed by atoms with E-state index in [1.165, 1.54) is 0 Å². The van der Waals surface area contributed by atoms with E-state index in [9.17, 15) is 9.59 Å². The van der Waals surface area contributed by atoms with Gasteiger partial charge in [-0.1, -0.05) is 41.8 Å². The molecule has 30 heavy (non-hydrogen) atoms. The van der Waals surface area contributed by atoms with Gasteiger partial charge >= 0.3 is 6.09 Å². The van der Waals surface area contributed by atoms with Gasteiger partial charge < -0.3 is 14.8 Å². The third kappa shape index (κ3) is 8.42. The summed E-state index contributed by atoms with van der Waals surface area (Å²) in [6, 6.07) is 7.50. The SMILES string of the molecule is C=S1CC(C=CC(C)=CC)OC(CC(=O)NNC(=O)OCc2ccc(NC)cc2)C1. The van der Waals surface area contributed by atoms with Gasteiger partial charge in [-0.2, -0.15) is 10.5 Å². The van der Waals surface area contributed by atoms with E-state index in [-0.39, 0.29) is 41.6 Å². The van der Waals surface area contributed by atoms with E-state index in [1.54, 1.807) is 0 Å². The number of nitrogens with one attached hydrogen (secondary N) is 3. The molecule has 1 aromatic rings. The first-order valence-electron chi connectivity index (χ1n) is 9.81. The monoisotopic (exact) mass is 433 g/mol. The van der Waals surface area contributed by atoms with Gasteiger partial charge in [-0.05, 0) is 31.5 Å². The molecule has 3 atom stereocenters. The Labute approximate surface area is 180 Å². The van der Waals surface area contributed by atoms with Crippen molar-refractivity contribution in [3.63, 3.8) is 0 Å². The van der Waals surface area contributed by atoms with Gasteiger partial charge in [-0.3, -0.25) is 10.2 Å². The highest BCUT2D eigenvalue weighted by atomic mass is 32.2. The van der Waals surface area contributed by atoms with E-state index in [4.69, 9.17) is 9.47 Å². The molecule has 1 aromatic carbocycles. The second-order valence-electron chi connectivity index (χ2n) is 7.03. The number of rotatable bonds is 7. The van der Waals surface area contributed by atoms with Crippen molar-refractivity contribution >= 4 is 34.0 Å². The maximum absolute atomic E-state index is 12.2. The van der Waals surface area contributed by atoms with Gasteiger partial charge in [0.15, 0.2) is 0 Å². The van der Waals surface area contributed by atoms with Crippen molar-refractivity contribution in [2.75, 3.05) is 23.9 Å². The molecule has 1 fully saturated rings. The summed E-state index contributed by atoms with van der Waals surface area (Å²) < 4.78 is 11.1. The molecule has 1 saturated heterocycles. The maximum atomic E-state index is 12.2. The second kappa shape index (κ2) is 12.2. The van der Waals surface area contributed by atoms with Crippen molar-refractivity contribution in [3.8, 4) is 0 Å². The zero-order valence-electron chi connectivity index (χ0n) is 17.8. The van der Waals surface area contributed by atoms with Crippen LogP contribution in [0.1, 0.15) is 25.8 Å². The number of carbonyl (C=O) groups excluding carboxylic acids is 2. The van der Waals surface area contributed by atoms with Crippen molar-refractivity contribution in [3.05, 3.63) is 53.6 Å². The Kier molecular flexibility index (Phi) is 9.63. The molecule has 3 unspecified atom stereocenters. The van der Waals surface area contributed by atoms with Crippen LogP contribution in [-0.2, 0) is 20.9 Å². The Hall–Kier alpha value is -2.58. The molecule has 0 bridgehead atoms. The smallest absolute Gasteiger partial charge is 0.426 e. The van der Waals surface area contributed by atoms with E-state index in [1.807, 2.05) is 63.4 Å². The van der Waals surface area contributed by atoms with Crippen LogP contribution in [0, 0.1) is 0 Å². The minimum atomic E-state index is -0.717. The fraction of sp³-hybridized carbons (Fsp3) is 0.409. The summed E-state index contributed by atoms with van der Waals surface area (Å²) in [5.74, 6) is 5.41.